The Hall–Kier alpha value is -4.79. The van der Waals surface area contributed by atoms with Gasteiger partial charge < -0.3 is 10.1 Å². The molecule has 0 aliphatic carbocycles. The lowest BCUT2D eigenvalue weighted by Crippen LogP contribution is -2.22. The number of nitrogens with one attached hydrogen (secondary N) is 1. The van der Waals surface area contributed by atoms with Crippen LogP contribution in [-0.4, -0.2) is 33.2 Å². The lowest BCUT2D eigenvalue weighted by Gasteiger charge is -2.10. The number of amides is 1. The number of hydrogen-bond acceptors (Lipinski definition) is 6. The molecule has 1 N–H and O–H groups in total. The number of ether oxygens (including phenoxy) is 1. The molecule has 176 valence electrons. The summed E-state index contributed by atoms with van der Waals surface area (Å²) >= 11 is 0. The lowest BCUT2D eigenvalue weighted by molar-refractivity contribution is -0.385. The smallest absolute Gasteiger partial charge is 0.339 e. The van der Waals surface area contributed by atoms with Gasteiger partial charge in [-0.2, -0.15) is 5.10 Å². The minimum absolute atomic E-state index is 0.0305. The van der Waals surface area contributed by atoms with Crippen LogP contribution in [0.15, 0.2) is 78.9 Å². The van der Waals surface area contributed by atoms with E-state index in [1.54, 1.807) is 10.7 Å². The standard InChI is InChI=1S/C26H22N4O5/c1-17-11-13-19(14-12-17)22-15-24(29(28-22)20-7-4-3-5-8-20)27-25(31)16-35-26(32)21-9-6-10-23(18(21)2)30(33)34/h3-15H,16H2,1-2H3,(H,27,31). The van der Waals surface area contributed by atoms with E-state index in [1.807, 2.05) is 61.5 Å². The fourth-order valence-electron chi connectivity index (χ4n) is 3.53. The SMILES string of the molecule is Cc1ccc(-c2cc(NC(=O)COC(=O)c3cccc([N+](=O)[O-])c3C)n(-c3ccccc3)n2)cc1. The van der Waals surface area contributed by atoms with E-state index in [9.17, 15) is 19.7 Å². The van der Waals surface area contributed by atoms with Gasteiger partial charge in [0.1, 0.15) is 5.82 Å². The Morgan fingerprint density at radius 2 is 1.71 bits per heavy atom. The minimum atomic E-state index is -0.821. The van der Waals surface area contributed by atoms with Crippen LogP contribution in [0, 0.1) is 24.0 Å². The largest absolute Gasteiger partial charge is 0.452 e. The van der Waals surface area contributed by atoms with Crippen molar-refractivity contribution in [2.45, 2.75) is 13.8 Å². The molecule has 1 heterocycles. The predicted octanol–water partition coefficient (Wildman–Crippen LogP) is 4.86. The third kappa shape index (κ3) is 5.25. The van der Waals surface area contributed by atoms with Crippen LogP contribution >= 0.6 is 0 Å². The van der Waals surface area contributed by atoms with Gasteiger partial charge in [-0.25, -0.2) is 9.48 Å². The first-order valence-corrected chi connectivity index (χ1v) is 10.8. The number of para-hydroxylation sites is 1. The maximum absolute atomic E-state index is 12.6. The van der Waals surface area contributed by atoms with E-state index < -0.39 is 23.4 Å². The highest BCUT2D eigenvalue weighted by molar-refractivity contribution is 5.96. The zero-order valence-corrected chi connectivity index (χ0v) is 19.1. The van der Waals surface area contributed by atoms with Gasteiger partial charge >= 0.3 is 5.97 Å². The summed E-state index contributed by atoms with van der Waals surface area (Å²) < 4.78 is 6.72. The molecule has 0 spiro atoms. The summed E-state index contributed by atoms with van der Waals surface area (Å²) in [6.45, 7) is 2.88. The van der Waals surface area contributed by atoms with E-state index in [0.29, 0.717) is 11.5 Å². The van der Waals surface area contributed by atoms with E-state index in [2.05, 4.69) is 10.4 Å². The van der Waals surface area contributed by atoms with Crippen LogP contribution in [0.2, 0.25) is 0 Å². The predicted molar refractivity (Wildman–Crippen MR) is 130 cm³/mol. The van der Waals surface area contributed by atoms with Crippen molar-refractivity contribution in [2.24, 2.45) is 0 Å². The minimum Gasteiger partial charge on any atom is -0.452 e. The molecule has 0 fully saturated rings. The first-order chi connectivity index (χ1) is 16.8. The zero-order chi connectivity index (χ0) is 24.9. The zero-order valence-electron chi connectivity index (χ0n) is 19.1. The van der Waals surface area contributed by atoms with E-state index >= 15 is 0 Å². The number of aromatic nitrogens is 2. The van der Waals surface area contributed by atoms with Crippen molar-refractivity contribution in [1.82, 2.24) is 9.78 Å². The topological polar surface area (TPSA) is 116 Å². The number of nitrogens with zero attached hydrogens (tertiary/aromatic N) is 3. The Balaban J connectivity index is 1.53. The molecule has 35 heavy (non-hydrogen) atoms. The molecule has 0 aliphatic heterocycles. The van der Waals surface area contributed by atoms with Gasteiger partial charge in [0.25, 0.3) is 11.6 Å². The van der Waals surface area contributed by atoms with Crippen LogP contribution in [0.25, 0.3) is 16.9 Å². The fourth-order valence-corrected chi connectivity index (χ4v) is 3.53. The number of esters is 1. The van der Waals surface area contributed by atoms with Gasteiger partial charge in [0.15, 0.2) is 6.61 Å². The number of benzene rings is 3. The Bertz CT molecular complexity index is 1400. The molecule has 1 amide bonds. The van der Waals surface area contributed by atoms with Gasteiger partial charge in [-0.15, -0.1) is 0 Å². The Kier molecular flexibility index (Phi) is 6.68. The molecular weight excluding hydrogens is 448 g/mol. The van der Waals surface area contributed by atoms with E-state index in [1.165, 1.54) is 25.1 Å². The molecule has 4 aromatic rings. The monoisotopic (exact) mass is 470 g/mol. The first-order valence-electron chi connectivity index (χ1n) is 10.8. The second kappa shape index (κ2) is 10.0. The van der Waals surface area contributed by atoms with Gasteiger partial charge in [0, 0.05) is 23.3 Å². The molecular formula is C26H22N4O5. The maximum Gasteiger partial charge on any atom is 0.339 e. The van der Waals surface area contributed by atoms with Crippen molar-refractivity contribution in [1.29, 1.82) is 0 Å². The van der Waals surface area contributed by atoms with Crippen molar-refractivity contribution in [3.63, 3.8) is 0 Å². The molecule has 0 bridgehead atoms. The summed E-state index contributed by atoms with van der Waals surface area (Å²) in [5, 5.41) is 18.5. The molecule has 9 heteroatoms. The summed E-state index contributed by atoms with van der Waals surface area (Å²) in [5.74, 6) is -0.994. The van der Waals surface area contributed by atoms with Crippen LogP contribution in [0.5, 0.6) is 0 Å². The average Bonchev–Trinajstić information content (AvgIpc) is 3.27. The molecule has 0 unspecified atom stereocenters. The molecule has 1 aromatic heterocycles. The summed E-state index contributed by atoms with van der Waals surface area (Å²) in [6, 6.07) is 23.0. The molecule has 9 nitrogen and oxygen atoms in total. The van der Waals surface area contributed by atoms with Crippen molar-refractivity contribution >= 4 is 23.4 Å². The number of nitro groups is 1. The van der Waals surface area contributed by atoms with Crippen molar-refractivity contribution < 1.29 is 19.2 Å². The van der Waals surface area contributed by atoms with Crippen molar-refractivity contribution in [3.05, 3.63) is 106 Å². The summed E-state index contributed by atoms with van der Waals surface area (Å²) in [4.78, 5) is 35.6. The highest BCUT2D eigenvalue weighted by Crippen LogP contribution is 2.25. The Morgan fingerprint density at radius 3 is 2.40 bits per heavy atom. The molecule has 4 rings (SSSR count). The molecule has 3 aromatic carbocycles. The number of hydrogen-bond donors (Lipinski definition) is 1. The first kappa shape index (κ1) is 23.4. The summed E-state index contributed by atoms with van der Waals surface area (Å²) in [6.07, 6.45) is 0. The fraction of sp³-hybridized carbons (Fsp3) is 0.115. The Morgan fingerprint density at radius 1 is 1.00 bits per heavy atom. The normalized spacial score (nSPS) is 10.6. The lowest BCUT2D eigenvalue weighted by atomic mass is 10.1. The third-order valence-corrected chi connectivity index (χ3v) is 5.38. The van der Waals surface area contributed by atoms with Crippen LogP contribution < -0.4 is 5.32 Å². The number of carbonyl (C=O) groups is 2. The Labute approximate surface area is 201 Å². The van der Waals surface area contributed by atoms with Gasteiger partial charge in [0.05, 0.1) is 21.9 Å². The molecule has 0 atom stereocenters. The van der Waals surface area contributed by atoms with E-state index in [-0.39, 0.29) is 16.8 Å². The summed E-state index contributed by atoms with van der Waals surface area (Å²) in [7, 11) is 0. The second-order valence-electron chi connectivity index (χ2n) is 7.86. The number of aryl methyl sites for hydroxylation is 1. The second-order valence-corrected chi connectivity index (χ2v) is 7.86. The van der Waals surface area contributed by atoms with Gasteiger partial charge in [0.2, 0.25) is 0 Å². The average molecular weight is 470 g/mol. The van der Waals surface area contributed by atoms with E-state index in [0.717, 1.165) is 16.8 Å². The molecule has 0 saturated carbocycles. The number of rotatable bonds is 7. The highest BCUT2D eigenvalue weighted by atomic mass is 16.6. The molecule has 0 aliphatic rings. The van der Waals surface area contributed by atoms with E-state index in [4.69, 9.17) is 4.74 Å². The molecule has 0 radical (unpaired) electrons. The van der Waals surface area contributed by atoms with Gasteiger partial charge in [-0.3, -0.25) is 14.9 Å². The number of carbonyl (C=O) groups excluding carboxylic acids is 2. The van der Waals surface area contributed by atoms with Crippen molar-refractivity contribution in [2.75, 3.05) is 11.9 Å². The van der Waals surface area contributed by atoms with Crippen LogP contribution in [-0.2, 0) is 9.53 Å². The number of anilines is 1. The van der Waals surface area contributed by atoms with Gasteiger partial charge in [-0.05, 0) is 32.0 Å². The van der Waals surface area contributed by atoms with Crippen LogP contribution in [0.4, 0.5) is 11.5 Å². The van der Waals surface area contributed by atoms with Crippen LogP contribution in [0.1, 0.15) is 21.5 Å². The number of nitro benzene ring substituents is 1. The van der Waals surface area contributed by atoms with Crippen LogP contribution in [0.3, 0.4) is 0 Å². The quantitative estimate of drug-likeness (QED) is 0.234. The maximum atomic E-state index is 12.6. The highest BCUT2D eigenvalue weighted by Gasteiger charge is 2.20. The third-order valence-electron chi connectivity index (χ3n) is 5.38. The molecule has 0 saturated heterocycles. The van der Waals surface area contributed by atoms with Gasteiger partial charge in [-0.1, -0.05) is 54.1 Å². The van der Waals surface area contributed by atoms with Crippen molar-refractivity contribution in [3.8, 4) is 16.9 Å². The summed E-state index contributed by atoms with van der Waals surface area (Å²) in [5.41, 5.74) is 3.41.